The second-order valence-corrected chi connectivity index (χ2v) is 30.8. The molecule has 4 N–H and O–H groups in total. The number of unbranched alkanes of at least 4 members (excludes halogenated alkanes) is 28. The molecule has 1 aromatic heterocycles. The topological polar surface area (TPSA) is 170 Å². The molecule has 1 heterocycles. The number of hydrogen-bond donors (Lipinski definition) is 3. The molecular weight excluding hydrogens is 1340 g/mol. The van der Waals surface area contributed by atoms with E-state index < -0.39 is 6.03 Å². The van der Waals surface area contributed by atoms with Crippen molar-refractivity contribution in [3.63, 3.8) is 0 Å². The van der Waals surface area contributed by atoms with E-state index in [1.807, 2.05) is 24.3 Å². The van der Waals surface area contributed by atoms with E-state index in [-0.39, 0.29) is 11.9 Å². The van der Waals surface area contributed by atoms with Crippen molar-refractivity contribution in [3.8, 4) is 51.6 Å². The maximum atomic E-state index is 12.6. The fraction of sp³-hybridized carbons (Fsp3) is 0.638. The van der Waals surface area contributed by atoms with Crippen LogP contribution in [0, 0.1) is 23.7 Å². The normalized spacial score (nSPS) is 12.8. The molecule has 4 aromatic carbocycles. The van der Waals surface area contributed by atoms with Gasteiger partial charge >= 0.3 is 6.03 Å². The molecule has 5 rings (SSSR count). The van der Waals surface area contributed by atoms with Crippen LogP contribution in [0.2, 0.25) is 0 Å². The number of nitrogens with two attached hydrogens (primary N) is 1. The highest BCUT2D eigenvalue weighted by Crippen LogP contribution is 2.40. The second-order valence-electron chi connectivity index (χ2n) is 30.8. The summed E-state index contributed by atoms with van der Waals surface area (Å²) in [5.41, 5.74) is 12.3. The fourth-order valence-electron chi connectivity index (χ4n) is 12.3. The van der Waals surface area contributed by atoms with E-state index in [1.54, 1.807) is 0 Å². The van der Waals surface area contributed by atoms with Gasteiger partial charge in [0.15, 0.2) is 17.3 Å². The number of nitrogens with zero attached hydrogens (tertiary/aromatic N) is 3. The summed E-state index contributed by atoms with van der Waals surface area (Å²) >= 11 is 0. The number of anilines is 2. The molecule has 0 saturated carbocycles. The number of hydrogen-bond acceptors (Lipinski definition) is 12. The van der Waals surface area contributed by atoms with Gasteiger partial charge in [-0.2, -0.15) is 15.0 Å². The molecule has 14 heteroatoms. The molecule has 14 nitrogen and oxygen atoms in total. The fourth-order valence-corrected chi connectivity index (χ4v) is 12.3. The standard InChI is InChI=1S/C94H148N6O8/c1-13-21-25-28-31-34-37-40-43-46-60-102-88-68-90(104-62-48-45-42-39-36-33-30-27-23-15-3)89(103-61-47-44-41-38-35-32-29-26-22-14-2)67-83(88)58-57-82-66-86(107-71-75(11)19-7)81(65-87(82)108-72-76(12)20-8)56-55-80-64-84(105-69-73(9)17-5)79(63-85(80)106-70-74(10)18-6)54-51-77-49-52-78(53-50-77)91-97-92(95)99-93(98-91)100-94(101)96-59-24-16-4/h49-58,63-68,73-76H,13-48,59-62,69-72H2,1-12H3,(H4,95,96,97,98,99,100,101)/b54-51+,56-55+,58-57+. The van der Waals surface area contributed by atoms with Crippen molar-refractivity contribution < 1.29 is 38.0 Å². The lowest BCUT2D eigenvalue weighted by molar-refractivity contribution is 0.249. The number of rotatable bonds is 63. The van der Waals surface area contributed by atoms with Gasteiger partial charge in [0.2, 0.25) is 11.9 Å². The Morgan fingerprint density at radius 3 is 0.991 bits per heavy atom. The van der Waals surface area contributed by atoms with Gasteiger partial charge in [0, 0.05) is 46.0 Å². The average molecular weight is 1490 g/mol. The Balaban J connectivity index is 1.57. The SMILES string of the molecule is CCCCCCCCCCCCOc1cc(OCCCCCCCCCCCC)c(OCCCCCCCCCCCC)cc1/C=C/c1cc(OCC(C)CC)c(/C=C/c2cc(OCC(C)CC)c(/C=C/c3ccc(-c4nc(N)nc(NC(=O)NCCCC)n4)cc3)cc2OCC(C)CC)cc1OCC(C)CC. The van der Waals surface area contributed by atoms with Crippen molar-refractivity contribution in [2.75, 3.05) is 63.8 Å². The predicted octanol–water partition coefficient (Wildman–Crippen LogP) is 27.2. The molecule has 0 aliphatic heterocycles. The maximum absolute atomic E-state index is 12.6. The molecule has 2 amide bonds. The first kappa shape index (κ1) is 91.4. The van der Waals surface area contributed by atoms with Crippen LogP contribution in [-0.4, -0.2) is 73.8 Å². The highest BCUT2D eigenvalue weighted by Gasteiger charge is 2.19. The molecule has 4 unspecified atom stereocenters. The molecule has 4 atom stereocenters. The summed E-state index contributed by atoms with van der Waals surface area (Å²) in [6.07, 6.45) is 56.6. The van der Waals surface area contributed by atoms with Gasteiger partial charge in [-0.3, -0.25) is 5.32 Å². The Bertz CT molecular complexity index is 3290. The van der Waals surface area contributed by atoms with Crippen molar-refractivity contribution in [1.29, 1.82) is 0 Å². The molecule has 0 radical (unpaired) electrons. The smallest absolute Gasteiger partial charge is 0.321 e. The zero-order valence-electron chi connectivity index (χ0n) is 69.8. The molecule has 0 bridgehead atoms. The number of urea groups is 1. The Morgan fingerprint density at radius 1 is 0.352 bits per heavy atom. The zero-order chi connectivity index (χ0) is 77.6. The van der Waals surface area contributed by atoms with Crippen LogP contribution in [0.3, 0.4) is 0 Å². The van der Waals surface area contributed by atoms with Crippen LogP contribution in [0.4, 0.5) is 16.7 Å². The van der Waals surface area contributed by atoms with Gasteiger partial charge in [-0.05, 0) is 85.3 Å². The quantitative estimate of drug-likeness (QED) is 0.0249. The van der Waals surface area contributed by atoms with Crippen molar-refractivity contribution >= 4 is 54.4 Å². The van der Waals surface area contributed by atoms with E-state index in [9.17, 15) is 4.79 Å². The first-order chi connectivity index (χ1) is 52.7. The van der Waals surface area contributed by atoms with E-state index in [0.717, 1.165) is 156 Å². The van der Waals surface area contributed by atoms with Gasteiger partial charge in [0.1, 0.15) is 28.7 Å². The van der Waals surface area contributed by atoms with Crippen molar-refractivity contribution in [3.05, 3.63) is 94.0 Å². The van der Waals surface area contributed by atoms with Gasteiger partial charge in [-0.1, -0.05) is 349 Å². The van der Waals surface area contributed by atoms with Crippen LogP contribution in [0.15, 0.2) is 60.7 Å². The Hall–Kier alpha value is -7.22. The largest absolute Gasteiger partial charge is 0.493 e. The lowest BCUT2D eigenvalue weighted by Crippen LogP contribution is -2.30. The highest BCUT2D eigenvalue weighted by atomic mass is 16.5. The van der Waals surface area contributed by atoms with Crippen molar-refractivity contribution in [2.45, 2.75) is 314 Å². The summed E-state index contributed by atoms with van der Waals surface area (Å²) in [4.78, 5) is 25.6. The van der Waals surface area contributed by atoms with Gasteiger partial charge in [0.05, 0.1) is 46.2 Å². The number of carbonyl (C=O) groups excluding carboxylic acids is 1. The first-order valence-electron chi connectivity index (χ1n) is 43.4. The second kappa shape index (κ2) is 56.9. The lowest BCUT2D eigenvalue weighted by Gasteiger charge is -2.19. The van der Waals surface area contributed by atoms with Crippen LogP contribution in [0.1, 0.15) is 348 Å². The van der Waals surface area contributed by atoms with Gasteiger partial charge in [-0.15, -0.1) is 0 Å². The summed E-state index contributed by atoms with van der Waals surface area (Å²) in [6, 6.07) is 20.3. The number of amides is 2. The Morgan fingerprint density at radius 2 is 0.648 bits per heavy atom. The molecular formula is C94H148N6O8. The van der Waals surface area contributed by atoms with Gasteiger partial charge < -0.3 is 44.2 Å². The monoisotopic (exact) mass is 1490 g/mol. The number of nitrogen functional groups attached to an aromatic ring is 1. The number of carbonyl (C=O) groups is 1. The molecule has 602 valence electrons. The third kappa shape index (κ3) is 37.9. The minimum atomic E-state index is -0.394. The zero-order valence-corrected chi connectivity index (χ0v) is 69.8. The van der Waals surface area contributed by atoms with E-state index in [0.29, 0.717) is 82.3 Å². The van der Waals surface area contributed by atoms with E-state index in [2.05, 4.69) is 182 Å². The van der Waals surface area contributed by atoms with Gasteiger partial charge in [-0.25, -0.2) is 4.79 Å². The average Bonchev–Trinajstić information content (AvgIpc) is 0.824. The Kier molecular flexibility index (Phi) is 48.2. The highest BCUT2D eigenvalue weighted by molar-refractivity contribution is 5.88. The van der Waals surface area contributed by atoms with E-state index in [4.69, 9.17) is 38.9 Å². The summed E-state index contributed by atoms with van der Waals surface area (Å²) in [5, 5.41) is 5.52. The summed E-state index contributed by atoms with van der Waals surface area (Å²) in [5.74, 6) is 7.12. The van der Waals surface area contributed by atoms with Gasteiger partial charge in [0.25, 0.3) is 0 Å². The minimum Gasteiger partial charge on any atom is -0.493 e. The van der Waals surface area contributed by atoms with Crippen LogP contribution < -0.4 is 49.5 Å². The summed E-state index contributed by atoms with van der Waals surface area (Å²) < 4.78 is 48.0. The third-order valence-electron chi connectivity index (χ3n) is 20.7. The van der Waals surface area contributed by atoms with Crippen molar-refractivity contribution in [2.24, 2.45) is 23.7 Å². The maximum Gasteiger partial charge on any atom is 0.321 e. The van der Waals surface area contributed by atoms with E-state index in [1.165, 1.54) is 154 Å². The number of ether oxygens (including phenoxy) is 7. The predicted molar refractivity (Wildman–Crippen MR) is 460 cm³/mol. The first-order valence-corrected chi connectivity index (χ1v) is 43.4. The Labute approximate surface area is 656 Å². The molecule has 0 fully saturated rings. The summed E-state index contributed by atoms with van der Waals surface area (Å²) in [7, 11) is 0. The number of aromatic nitrogens is 3. The molecule has 108 heavy (non-hydrogen) atoms. The molecule has 0 aliphatic rings. The molecule has 5 aromatic rings. The lowest BCUT2D eigenvalue weighted by atomic mass is 10.0. The van der Waals surface area contributed by atoms with Crippen LogP contribution in [-0.2, 0) is 0 Å². The number of benzene rings is 4. The van der Waals surface area contributed by atoms with Crippen LogP contribution in [0.25, 0.3) is 47.8 Å². The van der Waals surface area contributed by atoms with E-state index >= 15 is 0 Å². The molecule has 0 aliphatic carbocycles. The van der Waals surface area contributed by atoms with Crippen molar-refractivity contribution in [1.82, 2.24) is 20.3 Å². The number of nitrogens with one attached hydrogen (secondary N) is 2. The van der Waals surface area contributed by atoms with Crippen LogP contribution >= 0.6 is 0 Å². The minimum absolute atomic E-state index is 0.0106. The van der Waals surface area contributed by atoms with Crippen LogP contribution in [0.5, 0.6) is 40.2 Å². The molecule has 0 saturated heterocycles. The summed E-state index contributed by atoms with van der Waals surface area (Å²) in [6.45, 7) is 31.3. The molecule has 0 spiro atoms. The third-order valence-corrected chi connectivity index (χ3v) is 20.7.